The summed E-state index contributed by atoms with van der Waals surface area (Å²) in [6, 6.07) is 0.175. The Bertz CT molecular complexity index is 458. The van der Waals surface area contributed by atoms with Crippen LogP contribution < -0.4 is 5.73 Å². The molecule has 1 heterocycles. The Labute approximate surface area is 90.9 Å². The van der Waals surface area contributed by atoms with E-state index in [0.717, 1.165) is 0 Å². The van der Waals surface area contributed by atoms with Crippen LogP contribution in [-0.4, -0.2) is 16.1 Å². The number of nitrogen functional groups attached to an aromatic ring is 1. The van der Waals surface area contributed by atoms with Crippen molar-refractivity contribution in [3.63, 3.8) is 0 Å². The molecule has 0 aromatic carbocycles. The lowest BCUT2D eigenvalue weighted by molar-refractivity contribution is -0.141. The van der Waals surface area contributed by atoms with Gasteiger partial charge in [0.2, 0.25) is 0 Å². The molecule has 0 bridgehead atoms. The molecule has 0 aliphatic rings. The van der Waals surface area contributed by atoms with E-state index >= 15 is 0 Å². The summed E-state index contributed by atoms with van der Waals surface area (Å²) >= 11 is 0. The van der Waals surface area contributed by atoms with E-state index < -0.39 is 41.2 Å². The Morgan fingerprint density at radius 2 is 1.94 bits per heavy atom. The van der Waals surface area contributed by atoms with Gasteiger partial charge in [-0.2, -0.15) is 13.2 Å². The highest BCUT2D eigenvalue weighted by Gasteiger charge is 2.36. The molecule has 17 heavy (non-hydrogen) atoms. The van der Waals surface area contributed by atoms with Gasteiger partial charge in [-0.3, -0.25) is 0 Å². The van der Waals surface area contributed by atoms with Gasteiger partial charge in [-0.05, 0) is 6.07 Å². The van der Waals surface area contributed by atoms with E-state index in [1.165, 1.54) is 0 Å². The topological polar surface area (TPSA) is 76.2 Å². The first-order chi connectivity index (χ1) is 7.64. The first-order valence-corrected chi connectivity index (χ1v) is 4.03. The summed E-state index contributed by atoms with van der Waals surface area (Å²) in [4.78, 5) is 13.2. The lowest BCUT2D eigenvalue weighted by atomic mass is 10.1. The number of hydrogen-bond donors (Lipinski definition) is 2. The van der Waals surface area contributed by atoms with E-state index in [1.54, 1.807) is 0 Å². The molecule has 4 nitrogen and oxygen atoms in total. The Kier molecular flexibility index (Phi) is 3.21. The quantitative estimate of drug-likeness (QED) is 0.796. The number of nitrogens with zero attached hydrogens (tertiary/aromatic N) is 1. The third-order valence-corrected chi connectivity index (χ3v) is 1.80. The fourth-order valence-electron chi connectivity index (χ4n) is 1.11. The van der Waals surface area contributed by atoms with Crippen LogP contribution in [-0.2, 0) is 6.18 Å². The van der Waals surface area contributed by atoms with Crippen molar-refractivity contribution in [2.75, 3.05) is 5.73 Å². The number of pyridine rings is 1. The molecule has 0 radical (unpaired) electrons. The smallest absolute Gasteiger partial charge is 0.433 e. The van der Waals surface area contributed by atoms with Gasteiger partial charge in [-0.25, -0.2) is 18.6 Å². The Balaban J connectivity index is 3.53. The second kappa shape index (κ2) is 4.15. The van der Waals surface area contributed by atoms with Gasteiger partial charge in [0.25, 0.3) is 6.43 Å². The average Bonchev–Trinajstić information content (AvgIpc) is 2.13. The molecule has 0 saturated carbocycles. The minimum absolute atomic E-state index is 0.175. The highest BCUT2D eigenvalue weighted by atomic mass is 19.4. The van der Waals surface area contributed by atoms with Crippen LogP contribution in [0.2, 0.25) is 0 Å². The zero-order valence-electron chi connectivity index (χ0n) is 7.92. The second-order valence-electron chi connectivity index (χ2n) is 2.96. The number of aromatic nitrogens is 1. The van der Waals surface area contributed by atoms with Crippen LogP contribution in [0, 0.1) is 0 Å². The van der Waals surface area contributed by atoms with E-state index in [1.807, 2.05) is 0 Å². The van der Waals surface area contributed by atoms with Crippen molar-refractivity contribution in [2.45, 2.75) is 12.6 Å². The normalized spacial score (nSPS) is 11.9. The van der Waals surface area contributed by atoms with Crippen LogP contribution in [0.5, 0.6) is 0 Å². The molecule has 0 saturated heterocycles. The number of anilines is 1. The van der Waals surface area contributed by atoms with E-state index in [2.05, 4.69) is 4.98 Å². The van der Waals surface area contributed by atoms with Crippen molar-refractivity contribution >= 4 is 11.7 Å². The first kappa shape index (κ1) is 13.1. The molecule has 3 N–H and O–H groups in total. The lowest BCUT2D eigenvalue weighted by Gasteiger charge is -2.12. The number of carbonyl (C=O) groups is 1. The van der Waals surface area contributed by atoms with E-state index in [4.69, 9.17) is 10.8 Å². The number of rotatable bonds is 2. The molecule has 0 unspecified atom stereocenters. The lowest BCUT2D eigenvalue weighted by Crippen LogP contribution is -2.16. The molecule has 1 aromatic rings. The van der Waals surface area contributed by atoms with Crippen molar-refractivity contribution in [3.8, 4) is 0 Å². The molecule has 0 aliphatic carbocycles. The average molecular weight is 256 g/mol. The maximum absolute atomic E-state index is 12.4. The number of hydrogen-bond acceptors (Lipinski definition) is 3. The molecule has 1 rings (SSSR count). The van der Waals surface area contributed by atoms with Crippen molar-refractivity contribution in [2.24, 2.45) is 0 Å². The van der Waals surface area contributed by atoms with Crippen molar-refractivity contribution in [3.05, 3.63) is 23.0 Å². The summed E-state index contributed by atoms with van der Waals surface area (Å²) in [7, 11) is 0. The van der Waals surface area contributed by atoms with Crippen LogP contribution in [0.15, 0.2) is 6.07 Å². The molecule has 0 aliphatic heterocycles. The molecule has 1 aromatic heterocycles. The molecular formula is C8H5F5N2O2. The third kappa shape index (κ3) is 2.60. The van der Waals surface area contributed by atoms with Crippen LogP contribution in [0.3, 0.4) is 0 Å². The predicted molar refractivity (Wildman–Crippen MR) is 45.6 cm³/mol. The number of carboxylic acids is 1. The molecule has 0 amide bonds. The van der Waals surface area contributed by atoms with Crippen LogP contribution in [0.25, 0.3) is 0 Å². The predicted octanol–water partition coefficient (Wildman–Crippen LogP) is 2.32. The summed E-state index contributed by atoms with van der Waals surface area (Å²) in [6.45, 7) is 0. The summed E-state index contributed by atoms with van der Waals surface area (Å²) in [6.07, 6.45) is -8.28. The number of aromatic carboxylic acids is 1. The monoisotopic (exact) mass is 256 g/mol. The number of alkyl halides is 5. The molecule has 94 valence electrons. The third-order valence-electron chi connectivity index (χ3n) is 1.80. The maximum atomic E-state index is 12.4. The molecule has 0 fully saturated rings. The highest BCUT2D eigenvalue weighted by Crippen LogP contribution is 2.34. The van der Waals surface area contributed by atoms with Gasteiger partial charge < -0.3 is 10.8 Å². The van der Waals surface area contributed by atoms with Gasteiger partial charge in [-0.15, -0.1) is 0 Å². The number of halogens is 5. The van der Waals surface area contributed by atoms with Crippen molar-refractivity contribution in [1.29, 1.82) is 0 Å². The van der Waals surface area contributed by atoms with Crippen molar-refractivity contribution in [1.82, 2.24) is 4.98 Å². The van der Waals surface area contributed by atoms with E-state index in [-0.39, 0.29) is 6.07 Å². The summed E-state index contributed by atoms with van der Waals surface area (Å²) in [5.74, 6) is -2.00. The Hall–Kier alpha value is -1.93. The largest absolute Gasteiger partial charge is 0.476 e. The molecule has 0 atom stereocenters. The molecular weight excluding hydrogens is 251 g/mol. The van der Waals surface area contributed by atoms with Gasteiger partial charge in [0, 0.05) is 5.69 Å². The van der Waals surface area contributed by atoms with Gasteiger partial charge in [0.05, 0.1) is 5.56 Å². The SMILES string of the molecule is Nc1cc(C(F)(F)F)nc(C(=O)O)c1C(F)F. The summed E-state index contributed by atoms with van der Waals surface area (Å²) < 4.78 is 61.6. The van der Waals surface area contributed by atoms with Crippen molar-refractivity contribution < 1.29 is 31.9 Å². The van der Waals surface area contributed by atoms with Crippen LogP contribution in [0.1, 0.15) is 28.2 Å². The van der Waals surface area contributed by atoms with Crippen LogP contribution in [0.4, 0.5) is 27.6 Å². The van der Waals surface area contributed by atoms with Gasteiger partial charge in [0.15, 0.2) is 5.69 Å². The first-order valence-electron chi connectivity index (χ1n) is 4.03. The number of carboxylic acid groups (broad SMARTS) is 1. The van der Waals surface area contributed by atoms with Gasteiger partial charge in [0.1, 0.15) is 5.69 Å². The minimum Gasteiger partial charge on any atom is -0.476 e. The summed E-state index contributed by atoms with van der Waals surface area (Å²) in [5, 5.41) is 8.51. The summed E-state index contributed by atoms with van der Waals surface area (Å²) in [5.41, 5.74) is -0.225. The minimum atomic E-state index is -4.96. The van der Waals surface area contributed by atoms with Gasteiger partial charge >= 0.3 is 12.1 Å². The fraction of sp³-hybridized carbons (Fsp3) is 0.250. The Morgan fingerprint density at radius 1 is 1.41 bits per heavy atom. The zero-order chi connectivity index (χ0) is 13.4. The Morgan fingerprint density at radius 3 is 2.29 bits per heavy atom. The highest BCUT2D eigenvalue weighted by molar-refractivity contribution is 5.89. The zero-order valence-corrected chi connectivity index (χ0v) is 7.92. The van der Waals surface area contributed by atoms with E-state index in [9.17, 15) is 26.7 Å². The van der Waals surface area contributed by atoms with Gasteiger partial charge in [-0.1, -0.05) is 0 Å². The molecule has 9 heteroatoms. The maximum Gasteiger partial charge on any atom is 0.433 e. The second-order valence-corrected chi connectivity index (χ2v) is 2.96. The van der Waals surface area contributed by atoms with Crippen LogP contribution >= 0.6 is 0 Å². The van der Waals surface area contributed by atoms with E-state index in [0.29, 0.717) is 0 Å². The number of nitrogens with two attached hydrogens (primary N) is 1. The fourth-order valence-corrected chi connectivity index (χ4v) is 1.11. The molecule has 0 spiro atoms. The standard InChI is InChI=1S/C8H5F5N2O2/c9-6(10)4-2(14)1-3(8(11,12)13)15-5(4)7(16)17/h1,6H,(H2,14,15)(H,16,17).